The number of nitrogens with one attached hydrogen (secondary N) is 2. The van der Waals surface area contributed by atoms with E-state index in [1.54, 1.807) is 0 Å². The minimum absolute atomic E-state index is 0.0239. The average molecular weight is 389 g/mol. The van der Waals surface area contributed by atoms with Crippen LogP contribution in [0.15, 0.2) is 30.0 Å². The van der Waals surface area contributed by atoms with Crippen LogP contribution in [0.3, 0.4) is 0 Å². The number of amides is 1. The molecule has 2 N–H and O–H groups in total. The Morgan fingerprint density at radius 1 is 1.21 bits per heavy atom. The van der Waals surface area contributed by atoms with Crippen LogP contribution in [0.1, 0.15) is 44.9 Å². The number of carbonyl (C=O) groups is 1. The maximum Gasteiger partial charge on any atom is 0.263 e. The molecule has 1 aromatic carbocycles. The van der Waals surface area contributed by atoms with Gasteiger partial charge in [-0.05, 0) is 40.7 Å². The zero-order valence-electron chi connectivity index (χ0n) is 17.4. The van der Waals surface area contributed by atoms with Crippen molar-refractivity contribution in [1.29, 1.82) is 5.26 Å². The highest BCUT2D eigenvalue weighted by Crippen LogP contribution is 2.26. The Labute approximate surface area is 167 Å². The van der Waals surface area contributed by atoms with E-state index >= 15 is 0 Å². The fraction of sp³-hybridized carbons (Fsp3) is 0.524. The third kappa shape index (κ3) is 7.59. The second-order valence-corrected chi connectivity index (χ2v) is 6.09. The molecule has 0 aliphatic rings. The summed E-state index contributed by atoms with van der Waals surface area (Å²) in [7, 11) is 0. The zero-order chi connectivity index (χ0) is 20.9. The SMILES string of the molecule is CCOc1ccc(C)cc1C(C)NC(=O)/C(C#N)=C\NCC(OCC)OCC. The largest absolute Gasteiger partial charge is 0.494 e. The van der Waals surface area contributed by atoms with Crippen LogP contribution in [0.25, 0.3) is 0 Å². The Bertz CT molecular complexity index is 691. The topological polar surface area (TPSA) is 92.6 Å². The van der Waals surface area contributed by atoms with Crippen molar-refractivity contribution in [1.82, 2.24) is 10.6 Å². The van der Waals surface area contributed by atoms with Crippen molar-refractivity contribution in [3.8, 4) is 11.8 Å². The fourth-order valence-electron chi connectivity index (χ4n) is 2.59. The predicted molar refractivity (Wildman–Crippen MR) is 108 cm³/mol. The van der Waals surface area contributed by atoms with Crippen molar-refractivity contribution in [2.45, 2.75) is 47.0 Å². The van der Waals surface area contributed by atoms with E-state index in [4.69, 9.17) is 14.2 Å². The number of hydrogen-bond donors (Lipinski definition) is 2. The van der Waals surface area contributed by atoms with E-state index in [0.717, 1.165) is 16.9 Å². The number of nitrogens with zero attached hydrogens (tertiary/aromatic N) is 1. The molecular weight excluding hydrogens is 358 g/mol. The van der Waals surface area contributed by atoms with Gasteiger partial charge in [0, 0.05) is 25.0 Å². The van der Waals surface area contributed by atoms with E-state index < -0.39 is 12.2 Å². The quantitative estimate of drug-likeness (QED) is 0.324. The van der Waals surface area contributed by atoms with Crippen molar-refractivity contribution in [2.24, 2.45) is 0 Å². The first kappa shape index (κ1) is 23.5. The zero-order valence-corrected chi connectivity index (χ0v) is 17.4. The number of carbonyl (C=O) groups excluding carboxylic acids is 1. The molecule has 0 saturated heterocycles. The fourth-order valence-corrected chi connectivity index (χ4v) is 2.59. The van der Waals surface area contributed by atoms with Crippen LogP contribution in [0.4, 0.5) is 0 Å². The number of hydrogen-bond acceptors (Lipinski definition) is 6. The smallest absolute Gasteiger partial charge is 0.263 e. The second kappa shape index (κ2) is 12.8. The van der Waals surface area contributed by atoms with Gasteiger partial charge < -0.3 is 24.8 Å². The van der Waals surface area contributed by atoms with Gasteiger partial charge in [0.25, 0.3) is 5.91 Å². The molecule has 0 aliphatic carbocycles. The van der Waals surface area contributed by atoms with Crippen molar-refractivity contribution >= 4 is 5.91 Å². The summed E-state index contributed by atoms with van der Waals surface area (Å²) in [4.78, 5) is 12.5. The van der Waals surface area contributed by atoms with Gasteiger partial charge in [-0.3, -0.25) is 4.79 Å². The van der Waals surface area contributed by atoms with Crippen LogP contribution < -0.4 is 15.4 Å². The van der Waals surface area contributed by atoms with Gasteiger partial charge in [0.2, 0.25) is 0 Å². The Morgan fingerprint density at radius 2 is 1.89 bits per heavy atom. The van der Waals surface area contributed by atoms with Crippen LogP contribution >= 0.6 is 0 Å². The molecular formula is C21H31N3O4. The van der Waals surface area contributed by atoms with Gasteiger partial charge in [-0.2, -0.15) is 5.26 Å². The summed E-state index contributed by atoms with van der Waals surface area (Å²) in [6.07, 6.45) is 0.946. The monoisotopic (exact) mass is 389 g/mol. The Kier molecular flexibility index (Phi) is 10.7. The molecule has 0 aliphatic heterocycles. The maximum atomic E-state index is 12.5. The first-order valence-electron chi connectivity index (χ1n) is 9.57. The summed E-state index contributed by atoms with van der Waals surface area (Å²) in [5, 5.41) is 15.1. The Hall–Kier alpha value is -2.56. The number of nitriles is 1. The second-order valence-electron chi connectivity index (χ2n) is 6.09. The normalized spacial score (nSPS) is 12.4. The first-order valence-corrected chi connectivity index (χ1v) is 9.57. The molecule has 1 aromatic rings. The van der Waals surface area contributed by atoms with Crippen LogP contribution in [0.5, 0.6) is 5.75 Å². The standard InChI is InChI=1S/C21H31N3O4/c1-6-26-19-10-9-15(4)11-18(19)16(5)24-21(25)17(12-22)13-23-14-20(27-7-2)28-8-3/h9-11,13,16,20,23H,6-8,14H2,1-5H3,(H,24,25)/b17-13-. The van der Waals surface area contributed by atoms with Gasteiger partial charge in [0.1, 0.15) is 17.4 Å². The summed E-state index contributed by atoms with van der Waals surface area (Å²) in [5.41, 5.74) is 1.91. The molecule has 0 heterocycles. The molecule has 0 saturated carbocycles. The lowest BCUT2D eigenvalue weighted by molar-refractivity contribution is -0.131. The molecule has 0 fully saturated rings. The first-order chi connectivity index (χ1) is 13.5. The molecule has 0 bridgehead atoms. The van der Waals surface area contributed by atoms with E-state index in [9.17, 15) is 10.1 Å². The highest BCUT2D eigenvalue weighted by atomic mass is 16.7. The van der Waals surface area contributed by atoms with Gasteiger partial charge >= 0.3 is 0 Å². The van der Waals surface area contributed by atoms with E-state index in [1.165, 1.54) is 6.20 Å². The molecule has 154 valence electrons. The minimum atomic E-state index is -0.462. The third-order valence-electron chi connectivity index (χ3n) is 3.88. The summed E-state index contributed by atoms with van der Waals surface area (Å²) >= 11 is 0. The van der Waals surface area contributed by atoms with Gasteiger partial charge in [0.15, 0.2) is 6.29 Å². The van der Waals surface area contributed by atoms with E-state index in [2.05, 4.69) is 10.6 Å². The molecule has 7 heteroatoms. The van der Waals surface area contributed by atoms with Gasteiger partial charge in [-0.1, -0.05) is 17.7 Å². The van der Waals surface area contributed by atoms with E-state index in [0.29, 0.717) is 26.4 Å². The van der Waals surface area contributed by atoms with Crippen LogP contribution in [-0.4, -0.2) is 38.6 Å². The predicted octanol–water partition coefficient (Wildman–Crippen LogP) is 2.97. The molecule has 7 nitrogen and oxygen atoms in total. The molecule has 28 heavy (non-hydrogen) atoms. The summed E-state index contributed by atoms with van der Waals surface area (Å²) in [6, 6.07) is 7.43. The van der Waals surface area contributed by atoms with Crippen molar-refractivity contribution < 1.29 is 19.0 Å². The Morgan fingerprint density at radius 3 is 2.46 bits per heavy atom. The third-order valence-corrected chi connectivity index (χ3v) is 3.88. The molecule has 1 amide bonds. The highest BCUT2D eigenvalue weighted by molar-refractivity contribution is 5.97. The Balaban J connectivity index is 2.78. The number of ether oxygens (including phenoxy) is 3. The molecule has 0 spiro atoms. The summed E-state index contributed by atoms with van der Waals surface area (Å²) < 4.78 is 16.5. The van der Waals surface area contributed by atoms with Crippen molar-refractivity contribution in [3.63, 3.8) is 0 Å². The van der Waals surface area contributed by atoms with Gasteiger partial charge in [0.05, 0.1) is 19.2 Å². The van der Waals surface area contributed by atoms with E-state index in [1.807, 2.05) is 58.9 Å². The van der Waals surface area contributed by atoms with Gasteiger partial charge in [-0.25, -0.2) is 0 Å². The molecule has 0 aromatic heterocycles. The maximum absolute atomic E-state index is 12.5. The van der Waals surface area contributed by atoms with Crippen molar-refractivity contribution in [2.75, 3.05) is 26.4 Å². The van der Waals surface area contributed by atoms with Crippen LogP contribution in [-0.2, 0) is 14.3 Å². The van der Waals surface area contributed by atoms with E-state index in [-0.39, 0.29) is 11.6 Å². The molecule has 0 radical (unpaired) electrons. The lowest BCUT2D eigenvalue weighted by atomic mass is 10.0. The van der Waals surface area contributed by atoms with Gasteiger partial charge in [-0.15, -0.1) is 0 Å². The number of benzene rings is 1. The summed E-state index contributed by atoms with van der Waals surface area (Å²) in [5.74, 6) is 0.258. The number of aryl methyl sites for hydroxylation is 1. The lowest BCUT2D eigenvalue weighted by Gasteiger charge is -2.19. The van der Waals surface area contributed by atoms with Crippen LogP contribution in [0, 0.1) is 18.3 Å². The summed E-state index contributed by atoms with van der Waals surface area (Å²) in [6.45, 7) is 11.4. The van der Waals surface area contributed by atoms with Crippen LogP contribution in [0.2, 0.25) is 0 Å². The molecule has 1 unspecified atom stereocenters. The average Bonchev–Trinajstić information content (AvgIpc) is 2.66. The lowest BCUT2D eigenvalue weighted by Crippen LogP contribution is -2.31. The highest BCUT2D eigenvalue weighted by Gasteiger charge is 2.17. The number of rotatable bonds is 12. The molecule has 1 rings (SSSR count). The minimum Gasteiger partial charge on any atom is -0.494 e. The van der Waals surface area contributed by atoms with Crippen molar-refractivity contribution in [3.05, 3.63) is 41.1 Å². The molecule has 1 atom stereocenters.